The van der Waals surface area contributed by atoms with Crippen LogP contribution in [0.1, 0.15) is 16.7 Å². The number of H-pyrrole nitrogens is 1. The lowest BCUT2D eigenvalue weighted by Gasteiger charge is -2.08. The monoisotopic (exact) mass is 269 g/mol. The Hall–Kier alpha value is -2.58. The SMILES string of the molecule is Cc1cn(Cc2ccccc2C#CCN)c(=O)[nH]c1=O. The fourth-order valence-electron chi connectivity index (χ4n) is 1.85. The third-order valence-corrected chi connectivity index (χ3v) is 2.87. The average Bonchev–Trinajstić information content (AvgIpc) is 2.44. The van der Waals surface area contributed by atoms with Crippen LogP contribution in [0.25, 0.3) is 0 Å². The van der Waals surface area contributed by atoms with E-state index in [0.29, 0.717) is 12.1 Å². The summed E-state index contributed by atoms with van der Waals surface area (Å²) >= 11 is 0. The van der Waals surface area contributed by atoms with Crippen LogP contribution in [0.3, 0.4) is 0 Å². The average molecular weight is 269 g/mol. The first-order valence-corrected chi connectivity index (χ1v) is 6.19. The number of hydrogen-bond acceptors (Lipinski definition) is 3. The first-order valence-electron chi connectivity index (χ1n) is 6.19. The lowest BCUT2D eigenvalue weighted by Crippen LogP contribution is -2.31. The largest absolute Gasteiger partial charge is 0.328 e. The predicted octanol–water partition coefficient (Wildman–Crippen LogP) is 0.204. The van der Waals surface area contributed by atoms with Crippen LogP contribution in [0.5, 0.6) is 0 Å². The van der Waals surface area contributed by atoms with Gasteiger partial charge in [0.05, 0.1) is 13.1 Å². The van der Waals surface area contributed by atoms with E-state index < -0.39 is 5.69 Å². The zero-order valence-corrected chi connectivity index (χ0v) is 11.1. The van der Waals surface area contributed by atoms with Gasteiger partial charge in [0.2, 0.25) is 0 Å². The molecule has 0 saturated heterocycles. The molecule has 0 atom stereocenters. The third kappa shape index (κ3) is 3.05. The Morgan fingerprint density at radius 3 is 2.80 bits per heavy atom. The van der Waals surface area contributed by atoms with E-state index in [1.807, 2.05) is 24.3 Å². The van der Waals surface area contributed by atoms with Gasteiger partial charge in [-0.1, -0.05) is 30.0 Å². The molecule has 0 fully saturated rings. The smallest absolute Gasteiger partial charge is 0.320 e. The fraction of sp³-hybridized carbons (Fsp3) is 0.200. The minimum atomic E-state index is -0.429. The van der Waals surface area contributed by atoms with Crippen molar-refractivity contribution < 1.29 is 0 Å². The lowest BCUT2D eigenvalue weighted by atomic mass is 10.1. The molecule has 20 heavy (non-hydrogen) atoms. The zero-order valence-electron chi connectivity index (χ0n) is 11.1. The lowest BCUT2D eigenvalue weighted by molar-refractivity contribution is 0.712. The number of benzene rings is 1. The number of aryl methyl sites for hydroxylation is 1. The molecule has 0 bridgehead atoms. The summed E-state index contributed by atoms with van der Waals surface area (Å²) in [7, 11) is 0. The van der Waals surface area contributed by atoms with Crippen LogP contribution in [0.15, 0.2) is 40.1 Å². The van der Waals surface area contributed by atoms with Crippen LogP contribution >= 0.6 is 0 Å². The highest BCUT2D eigenvalue weighted by atomic mass is 16.2. The second-order valence-electron chi connectivity index (χ2n) is 4.36. The summed E-state index contributed by atoms with van der Waals surface area (Å²) in [6, 6.07) is 7.53. The van der Waals surface area contributed by atoms with Gasteiger partial charge in [-0.15, -0.1) is 0 Å². The maximum absolute atomic E-state index is 11.8. The minimum Gasteiger partial charge on any atom is -0.320 e. The molecule has 0 aliphatic carbocycles. The number of aromatic amines is 1. The molecule has 1 heterocycles. The highest BCUT2D eigenvalue weighted by Crippen LogP contribution is 2.08. The van der Waals surface area contributed by atoms with Crippen molar-refractivity contribution in [2.75, 3.05) is 6.54 Å². The summed E-state index contributed by atoms with van der Waals surface area (Å²) in [5.74, 6) is 5.77. The Kier molecular flexibility index (Phi) is 4.18. The van der Waals surface area contributed by atoms with Crippen molar-refractivity contribution in [1.29, 1.82) is 0 Å². The van der Waals surface area contributed by atoms with Gasteiger partial charge in [0.1, 0.15) is 0 Å². The molecule has 2 rings (SSSR count). The molecule has 1 aromatic heterocycles. The number of hydrogen-bond donors (Lipinski definition) is 2. The molecule has 0 spiro atoms. The second kappa shape index (κ2) is 6.04. The van der Waals surface area contributed by atoms with E-state index in [9.17, 15) is 9.59 Å². The van der Waals surface area contributed by atoms with Crippen molar-refractivity contribution in [3.05, 3.63) is 68.0 Å². The molecule has 0 amide bonds. The summed E-state index contributed by atoms with van der Waals surface area (Å²) in [5, 5.41) is 0. The number of rotatable bonds is 2. The van der Waals surface area contributed by atoms with Gasteiger partial charge in [-0.2, -0.15) is 0 Å². The molecule has 0 radical (unpaired) electrons. The summed E-state index contributed by atoms with van der Waals surface area (Å²) in [6.45, 7) is 2.30. The van der Waals surface area contributed by atoms with Gasteiger partial charge >= 0.3 is 5.69 Å². The standard InChI is InChI=1S/C15H15N3O2/c1-11-9-18(15(20)17-14(11)19)10-13-6-3-2-5-12(13)7-4-8-16/h2-3,5-6,9H,8,10,16H2,1H3,(H,17,19,20). The highest BCUT2D eigenvalue weighted by Gasteiger charge is 2.04. The number of aromatic nitrogens is 2. The van der Waals surface area contributed by atoms with Gasteiger partial charge in [0.25, 0.3) is 5.56 Å². The van der Waals surface area contributed by atoms with Crippen molar-refractivity contribution in [3.8, 4) is 11.8 Å². The van der Waals surface area contributed by atoms with Crippen LogP contribution in [0.2, 0.25) is 0 Å². The first-order chi connectivity index (χ1) is 9.61. The quantitative estimate of drug-likeness (QED) is 0.764. The summed E-state index contributed by atoms with van der Waals surface area (Å²) in [5.41, 5.74) is 6.81. The van der Waals surface area contributed by atoms with E-state index in [4.69, 9.17) is 5.73 Å². The molecular formula is C15H15N3O2. The van der Waals surface area contributed by atoms with Crippen molar-refractivity contribution in [2.24, 2.45) is 5.73 Å². The van der Waals surface area contributed by atoms with Crippen molar-refractivity contribution in [2.45, 2.75) is 13.5 Å². The van der Waals surface area contributed by atoms with Gasteiger partial charge in [-0.05, 0) is 18.6 Å². The Morgan fingerprint density at radius 1 is 1.30 bits per heavy atom. The molecule has 1 aromatic carbocycles. The number of nitrogens with one attached hydrogen (secondary N) is 1. The van der Waals surface area contributed by atoms with Crippen LogP contribution in [-0.4, -0.2) is 16.1 Å². The molecule has 0 saturated carbocycles. The molecule has 5 nitrogen and oxygen atoms in total. The summed E-state index contributed by atoms with van der Waals surface area (Å²) in [4.78, 5) is 25.4. The normalized spacial score (nSPS) is 9.90. The maximum Gasteiger partial charge on any atom is 0.328 e. The molecule has 102 valence electrons. The Balaban J connectivity index is 2.43. The summed E-state index contributed by atoms with van der Waals surface area (Å²) in [6.07, 6.45) is 1.55. The molecule has 0 unspecified atom stereocenters. The molecule has 2 aromatic rings. The van der Waals surface area contributed by atoms with Gasteiger partial charge < -0.3 is 5.73 Å². The van der Waals surface area contributed by atoms with E-state index in [1.54, 1.807) is 13.1 Å². The second-order valence-corrected chi connectivity index (χ2v) is 4.36. The van der Waals surface area contributed by atoms with E-state index in [-0.39, 0.29) is 12.1 Å². The number of nitrogens with zero attached hydrogens (tertiary/aromatic N) is 1. The van der Waals surface area contributed by atoms with Gasteiger partial charge in [-0.3, -0.25) is 14.3 Å². The van der Waals surface area contributed by atoms with Crippen molar-refractivity contribution in [3.63, 3.8) is 0 Å². The van der Waals surface area contributed by atoms with Crippen LogP contribution < -0.4 is 17.0 Å². The number of nitrogens with two attached hydrogens (primary N) is 1. The zero-order chi connectivity index (χ0) is 14.5. The predicted molar refractivity (Wildman–Crippen MR) is 77.5 cm³/mol. The van der Waals surface area contributed by atoms with Crippen molar-refractivity contribution in [1.82, 2.24) is 9.55 Å². The van der Waals surface area contributed by atoms with Crippen LogP contribution in [0, 0.1) is 18.8 Å². The van der Waals surface area contributed by atoms with E-state index >= 15 is 0 Å². The fourth-order valence-corrected chi connectivity index (χ4v) is 1.85. The van der Waals surface area contributed by atoms with Crippen molar-refractivity contribution >= 4 is 0 Å². The molecular weight excluding hydrogens is 254 g/mol. The molecule has 0 aliphatic heterocycles. The van der Waals surface area contributed by atoms with Gasteiger partial charge in [-0.25, -0.2) is 4.79 Å². The van der Waals surface area contributed by atoms with E-state index in [2.05, 4.69) is 16.8 Å². The van der Waals surface area contributed by atoms with Crippen LogP contribution in [-0.2, 0) is 6.54 Å². The van der Waals surface area contributed by atoms with E-state index in [1.165, 1.54) is 4.57 Å². The Morgan fingerprint density at radius 2 is 2.05 bits per heavy atom. The Bertz CT molecular complexity index is 791. The third-order valence-electron chi connectivity index (χ3n) is 2.87. The molecule has 0 aliphatic rings. The molecule has 3 N–H and O–H groups in total. The minimum absolute atomic E-state index is 0.284. The van der Waals surface area contributed by atoms with Gasteiger partial charge in [0.15, 0.2) is 0 Å². The van der Waals surface area contributed by atoms with Gasteiger partial charge in [0, 0.05) is 17.3 Å². The highest BCUT2D eigenvalue weighted by molar-refractivity contribution is 5.41. The Labute approximate surface area is 116 Å². The van der Waals surface area contributed by atoms with Crippen LogP contribution in [0.4, 0.5) is 0 Å². The van der Waals surface area contributed by atoms with E-state index in [0.717, 1.165) is 11.1 Å². The maximum atomic E-state index is 11.8. The molecule has 5 heteroatoms. The topological polar surface area (TPSA) is 80.9 Å². The first kappa shape index (κ1) is 13.8. The summed E-state index contributed by atoms with van der Waals surface area (Å²) < 4.78 is 1.46.